The molecule has 6 aromatic rings. The lowest BCUT2D eigenvalue weighted by atomic mass is 10.2. The Morgan fingerprint density at radius 3 is 2.62 bits per heavy atom. The van der Waals surface area contributed by atoms with Gasteiger partial charge in [0.1, 0.15) is 17.9 Å². The van der Waals surface area contributed by atoms with Gasteiger partial charge in [-0.25, -0.2) is 4.98 Å². The number of hydrogen-bond donors (Lipinski definition) is 0. The van der Waals surface area contributed by atoms with Crippen LogP contribution in [0.4, 0.5) is 0 Å². The van der Waals surface area contributed by atoms with Gasteiger partial charge in [-0.1, -0.05) is 63.4 Å². The summed E-state index contributed by atoms with van der Waals surface area (Å²) in [5, 5.41) is 6.90. The third-order valence-corrected chi connectivity index (χ3v) is 7.08. The summed E-state index contributed by atoms with van der Waals surface area (Å²) >= 11 is 15.9. The van der Waals surface area contributed by atoms with Crippen molar-refractivity contribution in [3.63, 3.8) is 0 Å². The summed E-state index contributed by atoms with van der Waals surface area (Å²) in [5.41, 5.74) is 2.55. The Balaban J connectivity index is 1.35. The lowest BCUT2D eigenvalue weighted by Gasteiger charge is -2.09. The summed E-state index contributed by atoms with van der Waals surface area (Å²) in [5.74, 6) is 1.24. The Bertz CT molecular complexity index is 1930. The highest BCUT2D eigenvalue weighted by Gasteiger charge is 2.16. The van der Waals surface area contributed by atoms with Crippen LogP contribution < -0.4 is 10.3 Å². The van der Waals surface area contributed by atoms with Gasteiger partial charge < -0.3 is 9.15 Å². The van der Waals surface area contributed by atoms with E-state index in [4.69, 9.17) is 37.3 Å². The summed E-state index contributed by atoms with van der Waals surface area (Å²) < 4.78 is 14.1. The van der Waals surface area contributed by atoms with Gasteiger partial charge in [-0.15, -0.1) is 0 Å². The first-order chi connectivity index (χ1) is 18.9. The van der Waals surface area contributed by atoms with E-state index in [2.05, 4.69) is 21.0 Å². The Labute approximate surface area is 241 Å². The summed E-state index contributed by atoms with van der Waals surface area (Å²) in [6, 6.07) is 27.4. The molecule has 0 aliphatic rings. The van der Waals surface area contributed by atoms with Crippen LogP contribution >= 0.6 is 39.1 Å². The van der Waals surface area contributed by atoms with E-state index in [1.165, 1.54) is 4.68 Å². The van der Waals surface area contributed by atoms with E-state index in [0.29, 0.717) is 50.2 Å². The number of benzene rings is 4. The molecular formula is C30H18BrCl2N3O3. The first kappa shape index (κ1) is 25.4. The molecule has 2 heterocycles. The van der Waals surface area contributed by atoms with Crippen molar-refractivity contribution in [1.82, 2.24) is 9.66 Å². The number of ether oxygens (including phenoxy) is 1. The molecule has 0 amide bonds. The normalized spacial score (nSPS) is 11.6. The number of aromatic nitrogens is 2. The van der Waals surface area contributed by atoms with Crippen LogP contribution in [0.2, 0.25) is 10.0 Å². The maximum atomic E-state index is 13.5. The van der Waals surface area contributed by atoms with Crippen molar-refractivity contribution in [2.75, 3.05) is 0 Å². The van der Waals surface area contributed by atoms with Crippen molar-refractivity contribution < 1.29 is 9.15 Å². The van der Waals surface area contributed by atoms with Crippen LogP contribution in [-0.4, -0.2) is 15.9 Å². The zero-order chi connectivity index (χ0) is 26.9. The Kier molecular flexibility index (Phi) is 6.95. The van der Waals surface area contributed by atoms with Crippen LogP contribution in [0.3, 0.4) is 0 Å². The molecule has 0 aliphatic carbocycles. The number of rotatable bonds is 6. The van der Waals surface area contributed by atoms with Gasteiger partial charge in [0.05, 0.1) is 22.1 Å². The highest BCUT2D eigenvalue weighted by atomic mass is 79.9. The Morgan fingerprint density at radius 1 is 0.974 bits per heavy atom. The molecule has 0 unspecified atom stereocenters. The number of para-hydroxylation sites is 1. The maximum absolute atomic E-state index is 13.5. The summed E-state index contributed by atoms with van der Waals surface area (Å²) in [4.78, 5) is 18.2. The topological polar surface area (TPSA) is 69.6 Å². The van der Waals surface area contributed by atoms with Crippen molar-refractivity contribution in [2.24, 2.45) is 5.10 Å². The van der Waals surface area contributed by atoms with Crippen LogP contribution in [-0.2, 0) is 6.61 Å². The summed E-state index contributed by atoms with van der Waals surface area (Å²) in [6.45, 7) is 0.347. The molecule has 192 valence electrons. The number of furan rings is 1. The van der Waals surface area contributed by atoms with E-state index in [1.54, 1.807) is 36.5 Å². The predicted molar refractivity (Wildman–Crippen MR) is 159 cm³/mol. The second-order valence-corrected chi connectivity index (χ2v) is 10.5. The van der Waals surface area contributed by atoms with E-state index in [9.17, 15) is 4.79 Å². The highest BCUT2D eigenvalue weighted by Crippen LogP contribution is 2.30. The fourth-order valence-electron chi connectivity index (χ4n) is 4.10. The van der Waals surface area contributed by atoms with E-state index < -0.39 is 0 Å². The van der Waals surface area contributed by atoms with Crippen LogP contribution in [0.25, 0.3) is 33.5 Å². The van der Waals surface area contributed by atoms with E-state index in [1.807, 2.05) is 60.7 Å². The summed E-state index contributed by atoms with van der Waals surface area (Å²) in [6.07, 6.45) is 1.55. The van der Waals surface area contributed by atoms with Crippen molar-refractivity contribution in [3.05, 3.63) is 127 Å². The lowest BCUT2D eigenvalue weighted by molar-refractivity contribution is 0.306. The molecule has 39 heavy (non-hydrogen) atoms. The maximum Gasteiger partial charge on any atom is 0.282 e. The molecule has 4 aromatic carbocycles. The van der Waals surface area contributed by atoms with Gasteiger partial charge in [0, 0.05) is 14.9 Å². The fourth-order valence-corrected chi connectivity index (χ4v) is 4.84. The molecular weight excluding hydrogens is 601 g/mol. The van der Waals surface area contributed by atoms with E-state index in [-0.39, 0.29) is 11.4 Å². The minimum Gasteiger partial charge on any atom is -0.487 e. The standard InChI is InChI=1S/C30H18BrCl2N3O3/c31-21-8-12-26-20(14-21)15-28(39-26)29-35-25-4-2-1-3-23(25)30(37)36(29)34-16-19-7-11-27(24(33)13-19)38-17-18-5-9-22(32)10-6-18/h1-16H,17H2. The third kappa shape index (κ3) is 5.34. The van der Waals surface area contributed by atoms with Gasteiger partial charge in [-0.2, -0.15) is 9.78 Å². The monoisotopic (exact) mass is 617 g/mol. The molecule has 9 heteroatoms. The SMILES string of the molecule is O=c1c2ccccc2nc(-c2cc3cc(Br)ccc3o2)n1N=Cc1ccc(OCc2ccc(Cl)cc2)c(Cl)c1. The largest absolute Gasteiger partial charge is 0.487 e. The zero-order valence-electron chi connectivity index (χ0n) is 20.1. The first-order valence-electron chi connectivity index (χ1n) is 11.9. The number of halogens is 3. The van der Waals surface area contributed by atoms with Crippen molar-refractivity contribution >= 4 is 67.2 Å². The Morgan fingerprint density at radius 2 is 1.79 bits per heavy atom. The fraction of sp³-hybridized carbons (Fsp3) is 0.0333. The van der Waals surface area contributed by atoms with E-state index in [0.717, 1.165) is 15.4 Å². The van der Waals surface area contributed by atoms with Gasteiger partial charge in [0.15, 0.2) is 5.76 Å². The second-order valence-electron chi connectivity index (χ2n) is 8.71. The average Bonchev–Trinajstić information content (AvgIpc) is 3.36. The zero-order valence-corrected chi connectivity index (χ0v) is 23.2. The molecule has 0 bridgehead atoms. The molecule has 0 saturated carbocycles. The smallest absolute Gasteiger partial charge is 0.282 e. The van der Waals surface area contributed by atoms with Gasteiger partial charge >= 0.3 is 0 Å². The van der Waals surface area contributed by atoms with Crippen molar-refractivity contribution in [2.45, 2.75) is 6.61 Å². The van der Waals surface area contributed by atoms with Gasteiger partial charge in [-0.05, 0) is 77.9 Å². The number of nitrogens with zero attached hydrogens (tertiary/aromatic N) is 3. The summed E-state index contributed by atoms with van der Waals surface area (Å²) in [7, 11) is 0. The quantitative estimate of drug-likeness (QED) is 0.176. The van der Waals surface area contributed by atoms with Crippen LogP contribution in [0.1, 0.15) is 11.1 Å². The van der Waals surface area contributed by atoms with Gasteiger partial charge in [0.2, 0.25) is 5.82 Å². The highest BCUT2D eigenvalue weighted by molar-refractivity contribution is 9.10. The lowest BCUT2D eigenvalue weighted by Crippen LogP contribution is -2.20. The van der Waals surface area contributed by atoms with Crippen LogP contribution in [0.15, 0.2) is 110 Å². The minimum atomic E-state index is -0.317. The Hall–Kier alpha value is -3.91. The molecule has 6 rings (SSSR count). The van der Waals surface area contributed by atoms with E-state index >= 15 is 0 Å². The van der Waals surface area contributed by atoms with Crippen molar-refractivity contribution in [1.29, 1.82) is 0 Å². The molecule has 0 spiro atoms. The molecule has 0 fully saturated rings. The second kappa shape index (κ2) is 10.7. The molecule has 0 N–H and O–H groups in total. The molecule has 2 aromatic heterocycles. The molecule has 0 radical (unpaired) electrons. The average molecular weight is 619 g/mol. The third-order valence-electron chi connectivity index (χ3n) is 6.04. The molecule has 6 nitrogen and oxygen atoms in total. The molecule has 0 aliphatic heterocycles. The number of fused-ring (bicyclic) bond motifs is 2. The molecule has 0 saturated heterocycles. The first-order valence-corrected chi connectivity index (χ1v) is 13.4. The predicted octanol–water partition coefficient (Wildman–Crippen LogP) is 8.34. The van der Waals surface area contributed by atoms with Crippen LogP contribution in [0, 0.1) is 0 Å². The van der Waals surface area contributed by atoms with Gasteiger partial charge in [0.25, 0.3) is 5.56 Å². The molecule has 0 atom stereocenters. The van der Waals surface area contributed by atoms with Crippen LogP contribution in [0.5, 0.6) is 5.75 Å². The minimum absolute atomic E-state index is 0.288. The van der Waals surface area contributed by atoms with Gasteiger partial charge in [-0.3, -0.25) is 4.79 Å². The van der Waals surface area contributed by atoms with Crippen molar-refractivity contribution in [3.8, 4) is 17.3 Å². The number of hydrogen-bond acceptors (Lipinski definition) is 5.